The third kappa shape index (κ3) is 3.19. The molecule has 1 aliphatic carbocycles. The molecule has 1 heterocycles. The average Bonchev–Trinajstić information content (AvgIpc) is 2.72. The largest absolute Gasteiger partial charge is 0.393 e. The van der Waals surface area contributed by atoms with Crippen molar-refractivity contribution in [2.45, 2.75) is 63.7 Å². The number of rotatable bonds is 5. The molecular formula is C13H25NO2. The van der Waals surface area contributed by atoms with Gasteiger partial charge in [0.25, 0.3) is 0 Å². The van der Waals surface area contributed by atoms with Gasteiger partial charge in [0, 0.05) is 12.6 Å². The summed E-state index contributed by atoms with van der Waals surface area (Å²) in [6.07, 6.45) is 7.60. The minimum Gasteiger partial charge on any atom is -0.393 e. The Morgan fingerprint density at radius 2 is 2.25 bits per heavy atom. The van der Waals surface area contributed by atoms with Gasteiger partial charge in [0.2, 0.25) is 0 Å². The van der Waals surface area contributed by atoms with E-state index in [4.69, 9.17) is 4.74 Å². The molecule has 3 nitrogen and oxygen atoms in total. The van der Waals surface area contributed by atoms with E-state index in [1.807, 2.05) is 6.92 Å². The molecule has 0 aromatic rings. The van der Waals surface area contributed by atoms with Crippen molar-refractivity contribution in [3.8, 4) is 0 Å². The first-order valence-electron chi connectivity index (χ1n) is 6.81. The molecular weight excluding hydrogens is 202 g/mol. The molecule has 0 aromatic heterocycles. The number of nitrogens with zero attached hydrogens (tertiary/aromatic N) is 1. The van der Waals surface area contributed by atoms with Gasteiger partial charge < -0.3 is 9.84 Å². The molecule has 16 heavy (non-hydrogen) atoms. The van der Waals surface area contributed by atoms with Gasteiger partial charge in [-0.05, 0) is 52.0 Å². The predicted octanol–water partition coefficient (Wildman–Crippen LogP) is 1.79. The minimum absolute atomic E-state index is 0.135. The quantitative estimate of drug-likeness (QED) is 0.727. The third-order valence-corrected chi connectivity index (χ3v) is 3.91. The zero-order chi connectivity index (χ0) is 11.4. The molecule has 3 atom stereocenters. The SMILES string of the molecule is CC(O)CCCCN1CCOC2CCCC21. The van der Waals surface area contributed by atoms with Crippen LogP contribution in [0.25, 0.3) is 0 Å². The Balaban J connectivity index is 1.68. The van der Waals surface area contributed by atoms with Crippen LogP contribution in [0, 0.1) is 0 Å². The smallest absolute Gasteiger partial charge is 0.0730 e. The number of aliphatic hydroxyl groups excluding tert-OH is 1. The lowest BCUT2D eigenvalue weighted by molar-refractivity contribution is -0.0559. The van der Waals surface area contributed by atoms with Gasteiger partial charge in [-0.15, -0.1) is 0 Å². The topological polar surface area (TPSA) is 32.7 Å². The molecule has 1 saturated carbocycles. The van der Waals surface area contributed by atoms with Gasteiger partial charge in [-0.2, -0.15) is 0 Å². The van der Waals surface area contributed by atoms with Crippen molar-refractivity contribution >= 4 is 0 Å². The molecule has 1 saturated heterocycles. The summed E-state index contributed by atoms with van der Waals surface area (Å²) in [4.78, 5) is 2.61. The number of morpholine rings is 1. The van der Waals surface area contributed by atoms with E-state index in [0.29, 0.717) is 12.1 Å². The van der Waals surface area contributed by atoms with E-state index in [2.05, 4.69) is 4.90 Å². The van der Waals surface area contributed by atoms with Crippen molar-refractivity contribution in [1.29, 1.82) is 0 Å². The van der Waals surface area contributed by atoms with Gasteiger partial charge in [0.15, 0.2) is 0 Å². The maximum atomic E-state index is 9.21. The molecule has 0 aromatic carbocycles. The molecule has 0 amide bonds. The number of hydrogen-bond donors (Lipinski definition) is 1. The van der Waals surface area contributed by atoms with E-state index in [9.17, 15) is 5.11 Å². The second-order valence-electron chi connectivity index (χ2n) is 5.29. The fourth-order valence-corrected chi connectivity index (χ4v) is 3.04. The summed E-state index contributed by atoms with van der Waals surface area (Å²) in [6, 6.07) is 0.695. The second-order valence-corrected chi connectivity index (χ2v) is 5.29. The Hall–Kier alpha value is -0.120. The van der Waals surface area contributed by atoms with Gasteiger partial charge in [-0.3, -0.25) is 4.90 Å². The molecule has 1 aliphatic heterocycles. The van der Waals surface area contributed by atoms with Crippen LogP contribution in [0.15, 0.2) is 0 Å². The number of unbranched alkanes of at least 4 members (excludes halogenated alkanes) is 1. The Kier molecular flexibility index (Phi) is 4.62. The van der Waals surface area contributed by atoms with Crippen molar-refractivity contribution in [1.82, 2.24) is 4.90 Å². The maximum Gasteiger partial charge on any atom is 0.0730 e. The summed E-state index contributed by atoms with van der Waals surface area (Å²) < 4.78 is 5.79. The highest BCUT2D eigenvalue weighted by Crippen LogP contribution is 2.29. The Bertz CT molecular complexity index is 208. The summed E-state index contributed by atoms with van der Waals surface area (Å²) >= 11 is 0. The molecule has 94 valence electrons. The highest BCUT2D eigenvalue weighted by Gasteiger charge is 2.35. The third-order valence-electron chi connectivity index (χ3n) is 3.91. The lowest BCUT2D eigenvalue weighted by atomic mass is 10.1. The zero-order valence-electron chi connectivity index (χ0n) is 10.4. The normalized spacial score (nSPS) is 32.6. The monoisotopic (exact) mass is 227 g/mol. The summed E-state index contributed by atoms with van der Waals surface area (Å²) in [5.74, 6) is 0. The molecule has 2 rings (SSSR count). The van der Waals surface area contributed by atoms with E-state index in [1.54, 1.807) is 0 Å². The van der Waals surface area contributed by atoms with Gasteiger partial charge >= 0.3 is 0 Å². The van der Waals surface area contributed by atoms with Crippen molar-refractivity contribution in [2.24, 2.45) is 0 Å². The van der Waals surface area contributed by atoms with E-state index in [0.717, 1.165) is 26.0 Å². The molecule has 1 N–H and O–H groups in total. The number of ether oxygens (including phenoxy) is 1. The van der Waals surface area contributed by atoms with Crippen molar-refractivity contribution in [2.75, 3.05) is 19.7 Å². The van der Waals surface area contributed by atoms with Gasteiger partial charge in [-0.1, -0.05) is 0 Å². The van der Waals surface area contributed by atoms with Crippen LogP contribution in [0.1, 0.15) is 45.4 Å². The lowest BCUT2D eigenvalue weighted by Gasteiger charge is -2.37. The van der Waals surface area contributed by atoms with Crippen LogP contribution in [0.5, 0.6) is 0 Å². The molecule has 3 heteroatoms. The van der Waals surface area contributed by atoms with E-state index >= 15 is 0 Å². The van der Waals surface area contributed by atoms with Gasteiger partial charge in [0.1, 0.15) is 0 Å². The van der Waals surface area contributed by atoms with Crippen LogP contribution in [0.2, 0.25) is 0 Å². The number of aliphatic hydroxyl groups is 1. The fourth-order valence-electron chi connectivity index (χ4n) is 3.04. The summed E-state index contributed by atoms with van der Waals surface area (Å²) in [5, 5.41) is 9.21. The molecule has 2 fully saturated rings. The Labute approximate surface area is 98.8 Å². The molecule has 0 radical (unpaired) electrons. The van der Waals surface area contributed by atoms with E-state index < -0.39 is 0 Å². The molecule has 2 aliphatic rings. The van der Waals surface area contributed by atoms with Crippen LogP contribution in [0.3, 0.4) is 0 Å². The summed E-state index contributed by atoms with van der Waals surface area (Å²) in [5.41, 5.74) is 0. The van der Waals surface area contributed by atoms with Crippen molar-refractivity contribution in [3.05, 3.63) is 0 Å². The van der Waals surface area contributed by atoms with Crippen LogP contribution < -0.4 is 0 Å². The second kappa shape index (κ2) is 5.99. The summed E-state index contributed by atoms with van der Waals surface area (Å²) in [6.45, 7) is 5.09. The highest BCUT2D eigenvalue weighted by atomic mass is 16.5. The highest BCUT2D eigenvalue weighted by molar-refractivity contribution is 4.89. The predicted molar refractivity (Wildman–Crippen MR) is 64.5 cm³/mol. The summed E-state index contributed by atoms with van der Waals surface area (Å²) in [7, 11) is 0. The fraction of sp³-hybridized carbons (Fsp3) is 1.00. The average molecular weight is 227 g/mol. The Morgan fingerprint density at radius 3 is 3.06 bits per heavy atom. The van der Waals surface area contributed by atoms with Crippen molar-refractivity contribution in [3.63, 3.8) is 0 Å². The number of hydrogen-bond acceptors (Lipinski definition) is 3. The van der Waals surface area contributed by atoms with Gasteiger partial charge in [0.05, 0.1) is 18.8 Å². The van der Waals surface area contributed by atoms with Crippen LogP contribution in [-0.2, 0) is 4.74 Å². The molecule has 0 bridgehead atoms. The lowest BCUT2D eigenvalue weighted by Crippen LogP contribution is -2.48. The molecule has 3 unspecified atom stereocenters. The van der Waals surface area contributed by atoms with Crippen LogP contribution >= 0.6 is 0 Å². The Morgan fingerprint density at radius 1 is 1.38 bits per heavy atom. The first-order valence-corrected chi connectivity index (χ1v) is 6.81. The molecule has 0 spiro atoms. The number of fused-ring (bicyclic) bond motifs is 1. The standard InChI is InChI=1S/C13H25NO2/c1-11(15)5-2-3-8-14-9-10-16-13-7-4-6-12(13)14/h11-13,15H,2-10H2,1H3. The van der Waals surface area contributed by atoms with Crippen LogP contribution in [-0.4, -0.2) is 48.0 Å². The van der Waals surface area contributed by atoms with Gasteiger partial charge in [-0.25, -0.2) is 0 Å². The van der Waals surface area contributed by atoms with E-state index in [1.165, 1.54) is 32.2 Å². The minimum atomic E-state index is -0.135. The van der Waals surface area contributed by atoms with Crippen molar-refractivity contribution < 1.29 is 9.84 Å². The zero-order valence-corrected chi connectivity index (χ0v) is 10.4. The first kappa shape index (κ1) is 12.3. The first-order chi connectivity index (χ1) is 7.77. The van der Waals surface area contributed by atoms with E-state index in [-0.39, 0.29) is 6.10 Å². The van der Waals surface area contributed by atoms with Crippen LogP contribution in [0.4, 0.5) is 0 Å². The maximum absolute atomic E-state index is 9.21.